The highest BCUT2D eigenvalue weighted by Crippen LogP contribution is 2.37. The van der Waals surface area contributed by atoms with Crippen LogP contribution in [0.3, 0.4) is 0 Å². The Kier molecular flexibility index (Phi) is 3.56. The third-order valence-electron chi connectivity index (χ3n) is 4.02. The summed E-state index contributed by atoms with van der Waals surface area (Å²) in [6, 6.07) is 0. The summed E-state index contributed by atoms with van der Waals surface area (Å²) in [6.07, 6.45) is 5.27. The minimum Gasteiger partial charge on any atom is -0.314 e. The molecule has 0 aromatic carbocycles. The van der Waals surface area contributed by atoms with Crippen LogP contribution in [0.5, 0.6) is 0 Å². The van der Waals surface area contributed by atoms with Gasteiger partial charge in [-0.1, -0.05) is 12.8 Å². The van der Waals surface area contributed by atoms with Crippen LogP contribution in [0.25, 0.3) is 0 Å². The summed E-state index contributed by atoms with van der Waals surface area (Å²) < 4.78 is 23.5. The summed E-state index contributed by atoms with van der Waals surface area (Å²) in [5.74, 6) is 0. The van der Waals surface area contributed by atoms with Crippen LogP contribution in [0, 0.1) is 0 Å². The van der Waals surface area contributed by atoms with Crippen LogP contribution < -0.4 is 5.32 Å². The van der Waals surface area contributed by atoms with Gasteiger partial charge >= 0.3 is 0 Å². The summed E-state index contributed by atoms with van der Waals surface area (Å²) in [5, 5.41) is 3.30. The van der Waals surface area contributed by atoms with Crippen LogP contribution in [-0.4, -0.2) is 57.0 Å². The molecule has 0 amide bonds. The van der Waals surface area contributed by atoms with Crippen molar-refractivity contribution in [2.75, 3.05) is 39.0 Å². The molecule has 94 valence electrons. The van der Waals surface area contributed by atoms with Crippen molar-refractivity contribution in [2.45, 2.75) is 30.4 Å². The zero-order valence-corrected chi connectivity index (χ0v) is 10.9. The van der Waals surface area contributed by atoms with Gasteiger partial charge in [-0.3, -0.25) is 4.90 Å². The Bertz CT molecular complexity index is 328. The predicted octanol–water partition coefficient (Wildman–Crippen LogP) is 0.249. The highest BCUT2D eigenvalue weighted by atomic mass is 32.2. The van der Waals surface area contributed by atoms with Crippen molar-refractivity contribution in [3.05, 3.63) is 0 Å². The number of rotatable bonds is 3. The smallest absolute Gasteiger partial charge is 0.154 e. The van der Waals surface area contributed by atoms with Gasteiger partial charge in [0.2, 0.25) is 0 Å². The van der Waals surface area contributed by atoms with E-state index in [-0.39, 0.29) is 0 Å². The van der Waals surface area contributed by atoms with Crippen molar-refractivity contribution in [3.8, 4) is 0 Å². The third kappa shape index (κ3) is 2.41. The zero-order valence-electron chi connectivity index (χ0n) is 10.0. The van der Waals surface area contributed by atoms with Gasteiger partial charge in [0.25, 0.3) is 0 Å². The van der Waals surface area contributed by atoms with Crippen molar-refractivity contribution in [1.82, 2.24) is 10.2 Å². The molecule has 1 saturated carbocycles. The molecule has 1 N–H and O–H groups in total. The first-order valence-corrected chi connectivity index (χ1v) is 8.05. The Morgan fingerprint density at radius 3 is 2.25 bits per heavy atom. The van der Waals surface area contributed by atoms with Gasteiger partial charge in [-0.2, -0.15) is 0 Å². The fraction of sp³-hybridized carbons (Fsp3) is 1.00. The van der Waals surface area contributed by atoms with E-state index in [1.807, 2.05) is 0 Å². The van der Waals surface area contributed by atoms with E-state index in [0.717, 1.165) is 58.4 Å². The van der Waals surface area contributed by atoms with Gasteiger partial charge in [0, 0.05) is 39.0 Å². The molecule has 1 aliphatic heterocycles. The molecule has 16 heavy (non-hydrogen) atoms. The molecular formula is C11H22N2O2S. The van der Waals surface area contributed by atoms with Crippen molar-refractivity contribution in [2.24, 2.45) is 0 Å². The maximum atomic E-state index is 12.0. The average Bonchev–Trinajstić information content (AvgIpc) is 2.68. The Morgan fingerprint density at radius 2 is 1.75 bits per heavy atom. The molecule has 0 unspecified atom stereocenters. The molecule has 0 radical (unpaired) electrons. The first kappa shape index (κ1) is 12.3. The number of sulfone groups is 1. The summed E-state index contributed by atoms with van der Waals surface area (Å²) in [6.45, 7) is 4.68. The molecule has 1 aliphatic carbocycles. The zero-order chi connectivity index (χ0) is 11.6. The quantitative estimate of drug-likeness (QED) is 0.775. The molecule has 0 atom stereocenters. The van der Waals surface area contributed by atoms with Gasteiger partial charge in [-0.05, 0) is 12.8 Å². The minimum absolute atomic E-state index is 0.440. The normalized spacial score (nSPS) is 27.1. The van der Waals surface area contributed by atoms with E-state index in [2.05, 4.69) is 10.2 Å². The summed E-state index contributed by atoms with van der Waals surface area (Å²) in [7, 11) is -2.93. The van der Waals surface area contributed by atoms with Gasteiger partial charge in [0.1, 0.15) is 0 Å². The first-order valence-electron chi connectivity index (χ1n) is 6.16. The van der Waals surface area contributed by atoms with Crippen LogP contribution in [0.4, 0.5) is 0 Å². The Balaban J connectivity index is 2.08. The van der Waals surface area contributed by atoms with E-state index >= 15 is 0 Å². The number of nitrogens with one attached hydrogen (secondary N) is 1. The predicted molar refractivity (Wildman–Crippen MR) is 65.4 cm³/mol. The number of hydrogen-bond donors (Lipinski definition) is 1. The molecule has 5 heteroatoms. The molecule has 0 spiro atoms. The molecule has 0 aromatic heterocycles. The number of nitrogens with zero attached hydrogens (tertiary/aromatic N) is 1. The lowest BCUT2D eigenvalue weighted by molar-refractivity contribution is 0.214. The van der Waals surface area contributed by atoms with Crippen molar-refractivity contribution >= 4 is 9.84 Å². The molecule has 1 heterocycles. The molecule has 0 aromatic rings. The second-order valence-electron chi connectivity index (χ2n) is 5.19. The van der Waals surface area contributed by atoms with E-state index in [4.69, 9.17) is 0 Å². The molecule has 0 bridgehead atoms. The lowest BCUT2D eigenvalue weighted by atomic mass is 10.1. The molecule has 2 aliphatic rings. The van der Waals surface area contributed by atoms with Gasteiger partial charge in [-0.25, -0.2) is 8.42 Å². The van der Waals surface area contributed by atoms with E-state index in [1.54, 1.807) is 0 Å². The average molecular weight is 246 g/mol. The Labute approximate surface area is 98.3 Å². The summed E-state index contributed by atoms with van der Waals surface area (Å²) in [4.78, 5) is 2.31. The number of hydrogen-bond acceptors (Lipinski definition) is 4. The van der Waals surface area contributed by atoms with Crippen LogP contribution in [0.1, 0.15) is 25.7 Å². The Morgan fingerprint density at radius 1 is 1.19 bits per heavy atom. The maximum Gasteiger partial charge on any atom is 0.154 e. The van der Waals surface area contributed by atoms with Crippen molar-refractivity contribution in [3.63, 3.8) is 0 Å². The second-order valence-corrected chi connectivity index (χ2v) is 7.60. The largest absolute Gasteiger partial charge is 0.314 e. The molecule has 2 rings (SSSR count). The van der Waals surface area contributed by atoms with Crippen LogP contribution in [-0.2, 0) is 9.84 Å². The third-order valence-corrected chi connectivity index (χ3v) is 6.13. The van der Waals surface area contributed by atoms with Gasteiger partial charge in [-0.15, -0.1) is 0 Å². The van der Waals surface area contributed by atoms with Gasteiger partial charge < -0.3 is 5.32 Å². The van der Waals surface area contributed by atoms with Crippen LogP contribution >= 0.6 is 0 Å². The fourth-order valence-electron chi connectivity index (χ4n) is 2.94. The van der Waals surface area contributed by atoms with E-state index in [1.165, 1.54) is 6.26 Å². The lowest BCUT2D eigenvalue weighted by Crippen LogP contribution is -2.52. The molecular weight excluding hydrogens is 224 g/mol. The summed E-state index contributed by atoms with van der Waals surface area (Å²) in [5.41, 5.74) is 0. The minimum atomic E-state index is -2.93. The van der Waals surface area contributed by atoms with Gasteiger partial charge in [0.05, 0.1) is 4.75 Å². The first-order chi connectivity index (χ1) is 7.54. The second kappa shape index (κ2) is 4.63. The Hall–Kier alpha value is -0.130. The van der Waals surface area contributed by atoms with E-state index in [9.17, 15) is 8.42 Å². The van der Waals surface area contributed by atoms with Crippen LogP contribution in [0.15, 0.2) is 0 Å². The monoisotopic (exact) mass is 246 g/mol. The molecule has 1 saturated heterocycles. The SMILES string of the molecule is CS(=O)(=O)C1(CN2CCNCC2)CCCC1. The van der Waals surface area contributed by atoms with Crippen molar-refractivity contribution in [1.29, 1.82) is 0 Å². The highest BCUT2D eigenvalue weighted by Gasteiger charge is 2.44. The number of piperazine rings is 1. The topological polar surface area (TPSA) is 49.4 Å². The fourth-order valence-corrected chi connectivity index (χ4v) is 4.39. The van der Waals surface area contributed by atoms with E-state index in [0.29, 0.717) is 0 Å². The summed E-state index contributed by atoms with van der Waals surface area (Å²) >= 11 is 0. The molecule has 4 nitrogen and oxygen atoms in total. The molecule has 2 fully saturated rings. The standard InChI is InChI=1S/C11H22N2O2S/c1-16(14,15)11(4-2-3-5-11)10-13-8-6-12-7-9-13/h12H,2-10H2,1H3. The van der Waals surface area contributed by atoms with Crippen molar-refractivity contribution < 1.29 is 8.42 Å². The van der Waals surface area contributed by atoms with Gasteiger partial charge in [0.15, 0.2) is 9.84 Å². The maximum absolute atomic E-state index is 12.0. The highest BCUT2D eigenvalue weighted by molar-refractivity contribution is 7.92. The van der Waals surface area contributed by atoms with Crippen LogP contribution in [0.2, 0.25) is 0 Å². The lowest BCUT2D eigenvalue weighted by Gasteiger charge is -2.36. The van der Waals surface area contributed by atoms with E-state index < -0.39 is 14.6 Å².